The molecule has 5 heteroatoms. The van der Waals surface area contributed by atoms with E-state index in [-0.39, 0.29) is 17.9 Å². The molecule has 2 aromatic carbocycles. The van der Waals surface area contributed by atoms with Crippen molar-refractivity contribution in [3.63, 3.8) is 0 Å². The van der Waals surface area contributed by atoms with Gasteiger partial charge < -0.3 is 15.5 Å². The van der Waals surface area contributed by atoms with Gasteiger partial charge in [-0.15, -0.1) is 0 Å². The van der Waals surface area contributed by atoms with Crippen molar-refractivity contribution in [1.82, 2.24) is 10.2 Å². The predicted molar refractivity (Wildman–Crippen MR) is 96.8 cm³/mol. The number of benzene rings is 2. The summed E-state index contributed by atoms with van der Waals surface area (Å²) in [5.74, 6) is -0.340. The Morgan fingerprint density at radius 3 is 2.17 bits per heavy atom. The summed E-state index contributed by atoms with van der Waals surface area (Å²) in [6, 6.07) is 17.5. The summed E-state index contributed by atoms with van der Waals surface area (Å²) in [6.07, 6.45) is 0. The van der Waals surface area contributed by atoms with Gasteiger partial charge in [0, 0.05) is 26.3 Å². The summed E-state index contributed by atoms with van der Waals surface area (Å²) in [4.78, 5) is 25.2. The minimum absolute atomic E-state index is 0.0816. The number of carbonyl (C=O) groups excluding carboxylic acids is 2. The lowest BCUT2D eigenvalue weighted by Crippen LogP contribution is -2.39. The number of nitrogens with zero attached hydrogens (tertiary/aromatic N) is 1. The Morgan fingerprint density at radius 2 is 1.58 bits per heavy atom. The highest BCUT2D eigenvalue weighted by Gasteiger charge is 2.17. The molecule has 0 radical (unpaired) electrons. The number of hydrogen-bond acceptors (Lipinski definition) is 2. The minimum Gasteiger partial charge on any atom is -0.359 e. The molecular formula is C19H23N3O2. The van der Waals surface area contributed by atoms with E-state index in [1.165, 1.54) is 4.90 Å². The molecule has 24 heavy (non-hydrogen) atoms. The second-order valence-corrected chi connectivity index (χ2v) is 5.77. The van der Waals surface area contributed by atoms with Crippen molar-refractivity contribution >= 4 is 17.6 Å². The van der Waals surface area contributed by atoms with E-state index < -0.39 is 0 Å². The van der Waals surface area contributed by atoms with Crippen LogP contribution < -0.4 is 10.6 Å². The lowest BCUT2D eigenvalue weighted by atomic mass is 10.1. The number of hydrogen-bond donors (Lipinski definition) is 2. The standard InChI is InChI=1S/C19H23N3O2/c1-14(18(23)20-2)13-22(3)19(24)21-17-11-9-16(10-12-17)15-7-5-4-6-8-15/h4-12,14H,13H2,1-3H3,(H,20,23)(H,21,24). The normalized spacial score (nSPS) is 11.5. The molecule has 0 saturated carbocycles. The Labute approximate surface area is 142 Å². The maximum absolute atomic E-state index is 12.2. The fourth-order valence-corrected chi connectivity index (χ4v) is 2.42. The largest absolute Gasteiger partial charge is 0.359 e. The SMILES string of the molecule is CNC(=O)C(C)CN(C)C(=O)Nc1ccc(-c2ccccc2)cc1. The molecule has 3 amide bonds. The molecule has 2 rings (SSSR count). The van der Waals surface area contributed by atoms with Crippen LogP contribution in [-0.2, 0) is 4.79 Å². The number of anilines is 1. The zero-order chi connectivity index (χ0) is 17.5. The first kappa shape index (κ1) is 17.5. The van der Waals surface area contributed by atoms with Gasteiger partial charge in [-0.05, 0) is 23.3 Å². The first-order valence-corrected chi connectivity index (χ1v) is 7.90. The van der Waals surface area contributed by atoms with Crippen molar-refractivity contribution in [2.45, 2.75) is 6.92 Å². The number of amides is 3. The van der Waals surface area contributed by atoms with Gasteiger partial charge in [0.2, 0.25) is 5.91 Å². The van der Waals surface area contributed by atoms with Gasteiger partial charge in [-0.2, -0.15) is 0 Å². The molecule has 0 aliphatic carbocycles. The highest BCUT2D eigenvalue weighted by molar-refractivity contribution is 5.90. The van der Waals surface area contributed by atoms with Crippen LogP contribution in [0.25, 0.3) is 11.1 Å². The van der Waals surface area contributed by atoms with E-state index in [1.807, 2.05) is 54.6 Å². The molecule has 5 nitrogen and oxygen atoms in total. The Hall–Kier alpha value is -2.82. The number of rotatable bonds is 5. The van der Waals surface area contributed by atoms with Gasteiger partial charge in [-0.3, -0.25) is 4.79 Å². The molecule has 2 aromatic rings. The van der Waals surface area contributed by atoms with Gasteiger partial charge in [0.25, 0.3) is 0 Å². The third-order valence-corrected chi connectivity index (χ3v) is 3.83. The van der Waals surface area contributed by atoms with Crippen LogP contribution in [0.1, 0.15) is 6.92 Å². The molecule has 126 valence electrons. The van der Waals surface area contributed by atoms with Crippen LogP contribution in [0.15, 0.2) is 54.6 Å². The van der Waals surface area contributed by atoms with Crippen LogP contribution >= 0.6 is 0 Å². The lowest BCUT2D eigenvalue weighted by Gasteiger charge is -2.21. The maximum atomic E-state index is 12.2. The summed E-state index contributed by atoms with van der Waals surface area (Å²) in [5.41, 5.74) is 2.95. The van der Waals surface area contributed by atoms with Crippen LogP contribution in [0, 0.1) is 5.92 Å². The molecule has 0 bridgehead atoms. The quantitative estimate of drug-likeness (QED) is 0.887. The lowest BCUT2D eigenvalue weighted by molar-refractivity contribution is -0.124. The van der Waals surface area contributed by atoms with Gasteiger partial charge in [-0.1, -0.05) is 49.4 Å². The predicted octanol–water partition coefficient (Wildman–Crippen LogP) is 3.20. The van der Waals surface area contributed by atoms with Crippen molar-refractivity contribution in [2.24, 2.45) is 5.92 Å². The third-order valence-electron chi connectivity index (χ3n) is 3.83. The molecule has 0 spiro atoms. The summed E-state index contributed by atoms with van der Waals surface area (Å²) in [5, 5.41) is 5.42. The Balaban J connectivity index is 1.95. The Kier molecular flexibility index (Phi) is 5.95. The van der Waals surface area contributed by atoms with Crippen LogP contribution in [0.3, 0.4) is 0 Å². The van der Waals surface area contributed by atoms with Gasteiger partial charge in [0.15, 0.2) is 0 Å². The molecule has 1 unspecified atom stereocenters. The molecule has 0 aliphatic rings. The van der Waals surface area contributed by atoms with Crippen molar-refractivity contribution < 1.29 is 9.59 Å². The molecule has 0 aromatic heterocycles. The molecule has 0 aliphatic heterocycles. The smallest absolute Gasteiger partial charge is 0.321 e. The zero-order valence-electron chi connectivity index (χ0n) is 14.2. The van der Waals surface area contributed by atoms with E-state index in [1.54, 1.807) is 21.0 Å². The van der Waals surface area contributed by atoms with Crippen LogP contribution in [0.2, 0.25) is 0 Å². The van der Waals surface area contributed by atoms with Crippen LogP contribution in [0.5, 0.6) is 0 Å². The second kappa shape index (κ2) is 8.15. The number of nitrogens with one attached hydrogen (secondary N) is 2. The van der Waals surface area contributed by atoms with Crippen LogP contribution in [-0.4, -0.2) is 37.5 Å². The number of urea groups is 1. The van der Waals surface area contributed by atoms with E-state index in [9.17, 15) is 9.59 Å². The van der Waals surface area contributed by atoms with Crippen LogP contribution in [0.4, 0.5) is 10.5 Å². The molecule has 0 heterocycles. The van der Waals surface area contributed by atoms with Gasteiger partial charge in [-0.25, -0.2) is 4.79 Å². The van der Waals surface area contributed by atoms with Crippen molar-refractivity contribution in [1.29, 1.82) is 0 Å². The second-order valence-electron chi connectivity index (χ2n) is 5.77. The highest BCUT2D eigenvalue weighted by Crippen LogP contribution is 2.21. The maximum Gasteiger partial charge on any atom is 0.321 e. The van der Waals surface area contributed by atoms with E-state index in [4.69, 9.17) is 0 Å². The van der Waals surface area contributed by atoms with E-state index >= 15 is 0 Å². The molecule has 1 atom stereocenters. The molecule has 0 saturated heterocycles. The molecule has 0 fully saturated rings. The topological polar surface area (TPSA) is 61.4 Å². The minimum atomic E-state index is -0.258. The van der Waals surface area contributed by atoms with Gasteiger partial charge in [0.1, 0.15) is 0 Å². The van der Waals surface area contributed by atoms with Gasteiger partial charge >= 0.3 is 6.03 Å². The Bertz CT molecular complexity index is 684. The molecule has 2 N–H and O–H groups in total. The molecular weight excluding hydrogens is 302 g/mol. The fourth-order valence-electron chi connectivity index (χ4n) is 2.42. The van der Waals surface area contributed by atoms with Crippen molar-refractivity contribution in [2.75, 3.05) is 26.0 Å². The van der Waals surface area contributed by atoms with E-state index in [2.05, 4.69) is 10.6 Å². The summed E-state index contributed by atoms with van der Waals surface area (Å²) >= 11 is 0. The highest BCUT2D eigenvalue weighted by atomic mass is 16.2. The van der Waals surface area contributed by atoms with E-state index in [0.29, 0.717) is 6.54 Å². The monoisotopic (exact) mass is 325 g/mol. The number of carbonyl (C=O) groups is 2. The first-order valence-electron chi connectivity index (χ1n) is 7.90. The third kappa shape index (κ3) is 4.59. The average Bonchev–Trinajstić information content (AvgIpc) is 2.62. The van der Waals surface area contributed by atoms with E-state index in [0.717, 1.165) is 16.8 Å². The fraction of sp³-hybridized carbons (Fsp3) is 0.263. The zero-order valence-corrected chi connectivity index (χ0v) is 14.2. The summed E-state index contributed by atoms with van der Waals surface area (Å²) in [6.45, 7) is 2.14. The summed E-state index contributed by atoms with van der Waals surface area (Å²) in [7, 11) is 3.26. The van der Waals surface area contributed by atoms with Crippen molar-refractivity contribution in [3.05, 3.63) is 54.6 Å². The average molecular weight is 325 g/mol. The van der Waals surface area contributed by atoms with Crippen molar-refractivity contribution in [3.8, 4) is 11.1 Å². The first-order chi connectivity index (χ1) is 11.5. The Morgan fingerprint density at radius 1 is 1.00 bits per heavy atom. The summed E-state index contributed by atoms with van der Waals surface area (Å²) < 4.78 is 0. The van der Waals surface area contributed by atoms with Gasteiger partial charge in [0.05, 0.1) is 5.92 Å².